The molecule has 2 aromatic heterocycles. The van der Waals surface area contributed by atoms with Gasteiger partial charge in [0.2, 0.25) is 11.9 Å². The Labute approximate surface area is 207 Å². The van der Waals surface area contributed by atoms with Crippen LogP contribution in [0.5, 0.6) is 0 Å². The van der Waals surface area contributed by atoms with Crippen LogP contribution in [0, 0.1) is 0 Å². The number of piperazine rings is 1. The number of anilines is 3. The van der Waals surface area contributed by atoms with Gasteiger partial charge in [0.25, 0.3) is 0 Å². The predicted molar refractivity (Wildman–Crippen MR) is 137 cm³/mol. The van der Waals surface area contributed by atoms with Crippen LogP contribution in [0.4, 0.5) is 17.3 Å². The summed E-state index contributed by atoms with van der Waals surface area (Å²) in [6, 6.07) is 14.0. The van der Waals surface area contributed by atoms with E-state index in [2.05, 4.69) is 59.7 Å². The van der Waals surface area contributed by atoms with E-state index in [-0.39, 0.29) is 5.91 Å². The van der Waals surface area contributed by atoms with Gasteiger partial charge in [-0.15, -0.1) is 0 Å². The number of amides is 1. The first-order valence-electron chi connectivity index (χ1n) is 12.1. The molecule has 3 N–H and O–H groups in total. The molecule has 2 aromatic carbocycles. The van der Waals surface area contributed by atoms with Crippen LogP contribution in [0.2, 0.25) is 0 Å². The van der Waals surface area contributed by atoms with Crippen molar-refractivity contribution < 1.29 is 9.21 Å². The van der Waals surface area contributed by atoms with Crippen LogP contribution in [-0.4, -0.2) is 64.5 Å². The average Bonchev–Trinajstić information content (AvgIpc) is 3.46. The second kappa shape index (κ2) is 9.46. The SMILES string of the molecule is O=C(CN1CCN(c2cnc(NC3Cc4ccccc4C3)nc2)CC1)Nc1ccc2[nH]c(=O)oc2c1. The summed E-state index contributed by atoms with van der Waals surface area (Å²) in [7, 11) is 0. The van der Waals surface area contributed by atoms with Crippen molar-refractivity contribution >= 4 is 34.3 Å². The molecule has 3 heterocycles. The maximum absolute atomic E-state index is 12.5. The number of benzene rings is 2. The number of hydrogen-bond donors (Lipinski definition) is 3. The minimum atomic E-state index is -0.512. The lowest BCUT2D eigenvalue weighted by Crippen LogP contribution is -2.48. The fourth-order valence-electron chi connectivity index (χ4n) is 4.99. The third kappa shape index (κ3) is 4.80. The molecule has 6 rings (SSSR count). The van der Waals surface area contributed by atoms with Crippen LogP contribution in [-0.2, 0) is 17.6 Å². The summed E-state index contributed by atoms with van der Waals surface area (Å²) in [6.07, 6.45) is 5.73. The van der Waals surface area contributed by atoms with Crippen LogP contribution in [0.25, 0.3) is 11.1 Å². The van der Waals surface area contributed by atoms with Crippen LogP contribution in [0.1, 0.15) is 11.1 Å². The molecule has 184 valence electrons. The van der Waals surface area contributed by atoms with E-state index in [4.69, 9.17) is 4.42 Å². The molecule has 1 amide bonds. The lowest BCUT2D eigenvalue weighted by molar-refractivity contribution is -0.117. The highest BCUT2D eigenvalue weighted by molar-refractivity contribution is 5.94. The molecule has 0 unspecified atom stereocenters. The monoisotopic (exact) mass is 485 g/mol. The number of aromatic amines is 1. The second-order valence-electron chi connectivity index (χ2n) is 9.32. The highest BCUT2D eigenvalue weighted by atomic mass is 16.4. The summed E-state index contributed by atoms with van der Waals surface area (Å²) in [5, 5.41) is 6.34. The quantitative estimate of drug-likeness (QED) is 0.381. The molecule has 1 aliphatic carbocycles. The normalized spacial score (nSPS) is 16.3. The molecule has 2 aliphatic rings. The smallest absolute Gasteiger partial charge is 0.408 e. The Kier molecular flexibility index (Phi) is 5.86. The van der Waals surface area contributed by atoms with Crippen LogP contribution < -0.4 is 21.3 Å². The number of carbonyl (C=O) groups excluding carboxylic acids is 1. The van der Waals surface area contributed by atoms with E-state index < -0.39 is 5.76 Å². The maximum Gasteiger partial charge on any atom is 0.417 e. The number of nitrogens with zero attached hydrogens (tertiary/aromatic N) is 4. The van der Waals surface area contributed by atoms with Gasteiger partial charge in [0.05, 0.1) is 30.1 Å². The highest BCUT2D eigenvalue weighted by Crippen LogP contribution is 2.24. The largest absolute Gasteiger partial charge is 0.417 e. The molecule has 4 aromatic rings. The number of oxazole rings is 1. The van der Waals surface area contributed by atoms with E-state index >= 15 is 0 Å². The molecule has 10 nitrogen and oxygen atoms in total. The van der Waals surface area contributed by atoms with E-state index in [1.165, 1.54) is 11.1 Å². The van der Waals surface area contributed by atoms with Gasteiger partial charge < -0.3 is 20.0 Å². The first kappa shape index (κ1) is 22.3. The Morgan fingerprint density at radius 2 is 1.75 bits per heavy atom. The first-order chi connectivity index (χ1) is 17.6. The summed E-state index contributed by atoms with van der Waals surface area (Å²) in [5.74, 6) is 0.0416. The Bertz CT molecular complexity index is 1410. The zero-order valence-corrected chi connectivity index (χ0v) is 19.7. The third-order valence-corrected chi connectivity index (χ3v) is 6.83. The molecule has 1 aliphatic heterocycles. The van der Waals surface area contributed by atoms with Crippen molar-refractivity contribution in [2.24, 2.45) is 0 Å². The zero-order valence-electron chi connectivity index (χ0n) is 19.7. The van der Waals surface area contributed by atoms with Crippen LogP contribution in [0.3, 0.4) is 0 Å². The maximum atomic E-state index is 12.5. The van der Waals surface area contributed by atoms with E-state index in [1.807, 2.05) is 12.4 Å². The van der Waals surface area contributed by atoms with Crippen molar-refractivity contribution in [2.45, 2.75) is 18.9 Å². The Hall–Kier alpha value is -4.18. The van der Waals surface area contributed by atoms with Crippen molar-refractivity contribution in [1.29, 1.82) is 0 Å². The van der Waals surface area contributed by atoms with Gasteiger partial charge in [0, 0.05) is 44.0 Å². The number of H-pyrrole nitrogens is 1. The van der Waals surface area contributed by atoms with Crippen molar-refractivity contribution in [3.63, 3.8) is 0 Å². The molecule has 1 saturated heterocycles. The number of hydrogen-bond acceptors (Lipinski definition) is 8. The summed E-state index contributed by atoms with van der Waals surface area (Å²) >= 11 is 0. The fourth-order valence-corrected chi connectivity index (χ4v) is 4.99. The van der Waals surface area contributed by atoms with E-state index in [1.54, 1.807) is 18.2 Å². The minimum Gasteiger partial charge on any atom is -0.408 e. The van der Waals surface area contributed by atoms with Crippen molar-refractivity contribution in [2.75, 3.05) is 48.3 Å². The van der Waals surface area contributed by atoms with Gasteiger partial charge in [-0.05, 0) is 36.1 Å². The lowest BCUT2D eigenvalue weighted by atomic mass is 10.1. The molecular weight excluding hydrogens is 458 g/mol. The van der Waals surface area contributed by atoms with E-state index in [0.717, 1.165) is 44.7 Å². The number of nitrogens with one attached hydrogen (secondary N) is 3. The lowest BCUT2D eigenvalue weighted by Gasteiger charge is -2.35. The third-order valence-electron chi connectivity index (χ3n) is 6.83. The van der Waals surface area contributed by atoms with Crippen molar-refractivity contribution in [1.82, 2.24) is 19.9 Å². The van der Waals surface area contributed by atoms with Gasteiger partial charge in [-0.2, -0.15) is 0 Å². The average molecular weight is 486 g/mol. The highest BCUT2D eigenvalue weighted by Gasteiger charge is 2.22. The first-order valence-corrected chi connectivity index (χ1v) is 12.1. The topological polar surface area (TPSA) is 119 Å². The van der Waals surface area contributed by atoms with Gasteiger partial charge in [0.15, 0.2) is 5.58 Å². The van der Waals surface area contributed by atoms with E-state index in [0.29, 0.717) is 35.3 Å². The molecule has 0 bridgehead atoms. The van der Waals surface area contributed by atoms with Gasteiger partial charge in [-0.3, -0.25) is 14.7 Å². The van der Waals surface area contributed by atoms with Crippen LogP contribution in [0.15, 0.2) is 64.1 Å². The van der Waals surface area contributed by atoms with E-state index in [9.17, 15) is 9.59 Å². The Morgan fingerprint density at radius 3 is 2.47 bits per heavy atom. The Balaban J connectivity index is 0.977. The van der Waals surface area contributed by atoms with Gasteiger partial charge >= 0.3 is 5.76 Å². The molecule has 0 spiro atoms. The minimum absolute atomic E-state index is 0.103. The van der Waals surface area contributed by atoms with Crippen molar-refractivity contribution in [3.8, 4) is 0 Å². The van der Waals surface area contributed by atoms with Crippen LogP contribution >= 0.6 is 0 Å². The summed E-state index contributed by atoms with van der Waals surface area (Å²) in [4.78, 5) is 39.9. The molecule has 0 atom stereocenters. The van der Waals surface area contributed by atoms with Gasteiger partial charge in [-0.25, -0.2) is 14.8 Å². The zero-order chi connectivity index (χ0) is 24.5. The predicted octanol–water partition coefficient (Wildman–Crippen LogP) is 2.25. The number of fused-ring (bicyclic) bond motifs is 2. The molecule has 36 heavy (non-hydrogen) atoms. The van der Waals surface area contributed by atoms with Gasteiger partial charge in [0.1, 0.15) is 0 Å². The summed E-state index contributed by atoms with van der Waals surface area (Å²) < 4.78 is 5.06. The fraction of sp³-hybridized carbons (Fsp3) is 0.308. The molecular formula is C26H27N7O3. The van der Waals surface area contributed by atoms with Gasteiger partial charge in [-0.1, -0.05) is 24.3 Å². The molecule has 0 radical (unpaired) electrons. The summed E-state index contributed by atoms with van der Waals surface area (Å²) in [6.45, 7) is 3.41. The van der Waals surface area contributed by atoms with Crippen molar-refractivity contribution in [3.05, 3.63) is 76.5 Å². The molecule has 10 heteroatoms. The second-order valence-corrected chi connectivity index (χ2v) is 9.32. The standard InChI is InChI=1S/C26H27N7O3/c34-24(29-19-5-6-22-23(13-19)36-26(35)31-22)16-32-7-9-33(10-8-32)21-14-27-25(28-15-21)30-20-11-17-3-1-2-4-18(17)12-20/h1-6,13-15,20H,7-12,16H2,(H,29,34)(H,31,35)(H,27,28,30). The number of carbonyl (C=O) groups is 1. The Morgan fingerprint density at radius 1 is 1.03 bits per heavy atom. The molecule has 0 saturated carbocycles. The summed E-state index contributed by atoms with van der Waals surface area (Å²) in [5.41, 5.74) is 5.40. The number of rotatable bonds is 6. The number of aromatic nitrogens is 3. The molecule has 1 fully saturated rings.